The number of rotatable bonds is 2. The Kier molecular flexibility index (Phi) is 2.72. The number of hydrogen-bond acceptors (Lipinski definition) is 2. The zero-order chi connectivity index (χ0) is 11.9. The van der Waals surface area contributed by atoms with Crippen molar-refractivity contribution < 1.29 is 5.11 Å². The summed E-state index contributed by atoms with van der Waals surface area (Å²) in [5, 5.41) is 10.9. The van der Waals surface area contributed by atoms with Crippen molar-refractivity contribution in [3.63, 3.8) is 0 Å². The van der Waals surface area contributed by atoms with Crippen LogP contribution in [0.2, 0.25) is 0 Å². The fourth-order valence-corrected chi connectivity index (χ4v) is 3.59. The Labute approximate surface area is 103 Å². The SMILES string of the molecule is Cc1cccc(CC2(O)CCN3CCCC32)c1. The third kappa shape index (κ3) is 2.00. The van der Waals surface area contributed by atoms with Crippen molar-refractivity contribution in [1.82, 2.24) is 4.90 Å². The largest absolute Gasteiger partial charge is 0.388 e. The smallest absolute Gasteiger partial charge is 0.0854 e. The third-order valence-electron chi connectivity index (χ3n) is 4.41. The highest BCUT2D eigenvalue weighted by molar-refractivity contribution is 5.25. The molecule has 2 aliphatic heterocycles. The van der Waals surface area contributed by atoms with Gasteiger partial charge in [-0.2, -0.15) is 0 Å². The van der Waals surface area contributed by atoms with Crippen molar-refractivity contribution in [1.29, 1.82) is 0 Å². The lowest BCUT2D eigenvalue weighted by Crippen LogP contribution is -2.42. The first kappa shape index (κ1) is 11.2. The van der Waals surface area contributed by atoms with Gasteiger partial charge in [0.15, 0.2) is 0 Å². The van der Waals surface area contributed by atoms with Crippen LogP contribution in [0.15, 0.2) is 24.3 Å². The first-order valence-electron chi connectivity index (χ1n) is 6.69. The average molecular weight is 231 g/mol. The minimum Gasteiger partial charge on any atom is -0.388 e. The predicted molar refractivity (Wildman–Crippen MR) is 69.0 cm³/mol. The summed E-state index contributed by atoms with van der Waals surface area (Å²) in [5.74, 6) is 0. The van der Waals surface area contributed by atoms with Gasteiger partial charge in [0.1, 0.15) is 0 Å². The topological polar surface area (TPSA) is 23.5 Å². The molecule has 2 nitrogen and oxygen atoms in total. The number of aryl methyl sites for hydroxylation is 1. The molecule has 0 aromatic heterocycles. The van der Waals surface area contributed by atoms with Gasteiger partial charge in [-0.15, -0.1) is 0 Å². The van der Waals surface area contributed by atoms with Crippen molar-refractivity contribution in [3.05, 3.63) is 35.4 Å². The van der Waals surface area contributed by atoms with Crippen LogP contribution in [0.1, 0.15) is 30.4 Å². The number of nitrogens with zero attached hydrogens (tertiary/aromatic N) is 1. The Morgan fingerprint density at radius 1 is 1.41 bits per heavy atom. The second-order valence-corrected chi connectivity index (χ2v) is 5.71. The molecule has 2 heteroatoms. The Balaban J connectivity index is 1.80. The van der Waals surface area contributed by atoms with Gasteiger partial charge < -0.3 is 5.11 Å². The monoisotopic (exact) mass is 231 g/mol. The van der Waals surface area contributed by atoms with E-state index >= 15 is 0 Å². The molecule has 2 saturated heterocycles. The van der Waals surface area contributed by atoms with Crippen molar-refractivity contribution in [2.45, 2.75) is 44.2 Å². The van der Waals surface area contributed by atoms with Gasteiger partial charge >= 0.3 is 0 Å². The molecule has 2 unspecified atom stereocenters. The molecule has 2 fully saturated rings. The molecule has 0 saturated carbocycles. The fraction of sp³-hybridized carbons (Fsp3) is 0.600. The van der Waals surface area contributed by atoms with E-state index in [1.807, 2.05) is 0 Å². The van der Waals surface area contributed by atoms with Gasteiger partial charge in [0.25, 0.3) is 0 Å². The summed E-state index contributed by atoms with van der Waals surface area (Å²) in [7, 11) is 0. The lowest BCUT2D eigenvalue weighted by atomic mass is 9.86. The summed E-state index contributed by atoms with van der Waals surface area (Å²) in [6.07, 6.45) is 4.17. The second-order valence-electron chi connectivity index (χ2n) is 5.71. The van der Waals surface area contributed by atoms with Gasteiger partial charge in [0.2, 0.25) is 0 Å². The molecule has 2 atom stereocenters. The van der Waals surface area contributed by atoms with Gasteiger partial charge in [-0.05, 0) is 38.3 Å². The van der Waals surface area contributed by atoms with E-state index in [9.17, 15) is 5.11 Å². The molecule has 3 rings (SSSR count). The fourth-order valence-electron chi connectivity index (χ4n) is 3.59. The molecule has 1 aromatic carbocycles. The summed E-state index contributed by atoms with van der Waals surface area (Å²) >= 11 is 0. The molecular formula is C15H21NO. The van der Waals surface area contributed by atoms with Crippen LogP contribution < -0.4 is 0 Å². The van der Waals surface area contributed by atoms with Gasteiger partial charge in [0.05, 0.1) is 5.60 Å². The van der Waals surface area contributed by atoms with Crippen molar-refractivity contribution >= 4 is 0 Å². The summed E-state index contributed by atoms with van der Waals surface area (Å²) < 4.78 is 0. The maximum Gasteiger partial charge on any atom is 0.0854 e. The van der Waals surface area contributed by atoms with Crippen LogP contribution in [0.3, 0.4) is 0 Å². The van der Waals surface area contributed by atoms with Crippen LogP contribution in [-0.2, 0) is 6.42 Å². The number of hydrogen-bond donors (Lipinski definition) is 1. The minimum absolute atomic E-state index is 0.406. The van der Waals surface area contributed by atoms with E-state index in [1.54, 1.807) is 0 Å². The Morgan fingerprint density at radius 2 is 2.29 bits per heavy atom. The lowest BCUT2D eigenvalue weighted by molar-refractivity contribution is 0.0141. The highest BCUT2D eigenvalue weighted by Crippen LogP contribution is 2.38. The molecular weight excluding hydrogens is 210 g/mol. The van der Waals surface area contributed by atoms with Crippen LogP contribution in [0, 0.1) is 6.92 Å². The van der Waals surface area contributed by atoms with E-state index in [1.165, 1.54) is 30.5 Å². The molecule has 1 N–H and O–H groups in total. The number of fused-ring (bicyclic) bond motifs is 1. The first-order chi connectivity index (χ1) is 8.17. The molecule has 0 bridgehead atoms. The molecule has 0 amide bonds. The Hall–Kier alpha value is -0.860. The first-order valence-corrected chi connectivity index (χ1v) is 6.69. The molecule has 2 aliphatic rings. The normalized spacial score (nSPS) is 32.9. The molecule has 1 aromatic rings. The van der Waals surface area contributed by atoms with Gasteiger partial charge in [0, 0.05) is 19.0 Å². The van der Waals surface area contributed by atoms with E-state index < -0.39 is 5.60 Å². The van der Waals surface area contributed by atoms with Gasteiger partial charge in [-0.25, -0.2) is 0 Å². The summed E-state index contributed by atoms with van der Waals surface area (Å²) in [4.78, 5) is 2.47. The maximum absolute atomic E-state index is 10.9. The number of aliphatic hydroxyl groups is 1. The maximum atomic E-state index is 10.9. The van der Waals surface area contributed by atoms with E-state index in [4.69, 9.17) is 0 Å². The minimum atomic E-state index is -0.482. The van der Waals surface area contributed by atoms with Crippen LogP contribution in [0.4, 0.5) is 0 Å². The third-order valence-corrected chi connectivity index (χ3v) is 4.41. The van der Waals surface area contributed by atoms with Crippen molar-refractivity contribution in [2.24, 2.45) is 0 Å². The molecule has 0 aliphatic carbocycles. The highest BCUT2D eigenvalue weighted by Gasteiger charge is 2.47. The van der Waals surface area contributed by atoms with E-state index in [-0.39, 0.29) is 0 Å². The lowest BCUT2D eigenvalue weighted by Gasteiger charge is -2.30. The van der Waals surface area contributed by atoms with Crippen LogP contribution in [0.25, 0.3) is 0 Å². The van der Waals surface area contributed by atoms with Crippen molar-refractivity contribution in [3.8, 4) is 0 Å². The molecule has 2 heterocycles. The summed E-state index contributed by atoms with van der Waals surface area (Å²) in [5.41, 5.74) is 2.08. The van der Waals surface area contributed by atoms with Crippen LogP contribution >= 0.6 is 0 Å². The molecule has 0 radical (unpaired) electrons. The van der Waals surface area contributed by atoms with Gasteiger partial charge in [-0.3, -0.25) is 4.90 Å². The van der Waals surface area contributed by atoms with Crippen molar-refractivity contribution in [2.75, 3.05) is 13.1 Å². The number of benzene rings is 1. The predicted octanol–water partition coefficient (Wildman–Crippen LogP) is 2.14. The Bertz CT molecular complexity index is 417. The summed E-state index contributed by atoms with van der Waals surface area (Å²) in [6.45, 7) is 4.37. The van der Waals surface area contributed by atoms with E-state index in [0.717, 1.165) is 19.4 Å². The van der Waals surface area contributed by atoms with E-state index in [0.29, 0.717) is 6.04 Å². The zero-order valence-corrected chi connectivity index (χ0v) is 10.5. The second kappa shape index (κ2) is 4.11. The van der Waals surface area contributed by atoms with Crippen LogP contribution in [-0.4, -0.2) is 34.7 Å². The van der Waals surface area contributed by atoms with Crippen LogP contribution in [0.5, 0.6) is 0 Å². The quantitative estimate of drug-likeness (QED) is 0.843. The zero-order valence-electron chi connectivity index (χ0n) is 10.5. The standard InChI is InChI=1S/C15H21NO/c1-12-4-2-5-13(10-12)11-15(17)7-9-16-8-3-6-14(15)16/h2,4-5,10,14,17H,3,6-9,11H2,1H3. The Morgan fingerprint density at radius 3 is 3.12 bits per heavy atom. The summed E-state index contributed by atoms with van der Waals surface area (Å²) in [6, 6.07) is 8.96. The average Bonchev–Trinajstić information content (AvgIpc) is 2.84. The molecule has 92 valence electrons. The van der Waals surface area contributed by atoms with Gasteiger partial charge in [-0.1, -0.05) is 29.8 Å². The molecule has 17 heavy (non-hydrogen) atoms. The highest BCUT2D eigenvalue weighted by atomic mass is 16.3. The molecule has 0 spiro atoms. The van der Waals surface area contributed by atoms with E-state index in [2.05, 4.69) is 36.1 Å².